The highest BCUT2D eigenvalue weighted by molar-refractivity contribution is 6.04. The van der Waals surface area contributed by atoms with Crippen LogP contribution in [0.15, 0.2) is 47.4 Å². The van der Waals surface area contributed by atoms with E-state index in [1.807, 2.05) is 6.07 Å². The molecular weight excluding hydrogens is 258 g/mol. The summed E-state index contributed by atoms with van der Waals surface area (Å²) in [5.41, 5.74) is 0.681. The molecule has 0 aliphatic heterocycles. The minimum Gasteiger partial charge on any atom is -0.479 e. The third-order valence-corrected chi connectivity index (χ3v) is 2.46. The molecule has 20 heavy (non-hydrogen) atoms. The van der Waals surface area contributed by atoms with Crippen LogP contribution in [0.5, 0.6) is 5.75 Å². The van der Waals surface area contributed by atoms with Crippen LogP contribution in [0.1, 0.15) is 10.4 Å². The number of benzene rings is 1. The number of hydrogen-bond acceptors (Lipinski definition) is 4. The normalized spacial score (nSPS) is 9.55. The van der Waals surface area contributed by atoms with Crippen LogP contribution in [-0.2, 0) is 0 Å². The van der Waals surface area contributed by atoms with Crippen molar-refractivity contribution in [1.29, 1.82) is 5.26 Å². The molecule has 0 radical (unpaired) electrons. The van der Waals surface area contributed by atoms with E-state index in [0.29, 0.717) is 17.0 Å². The number of hydrogen-bond donors (Lipinski definition) is 2. The van der Waals surface area contributed by atoms with Gasteiger partial charge in [0.2, 0.25) is 5.56 Å². The van der Waals surface area contributed by atoms with Crippen LogP contribution in [0.3, 0.4) is 0 Å². The predicted octanol–water partition coefficient (Wildman–Crippen LogP) is 1.53. The fourth-order valence-electron chi connectivity index (χ4n) is 1.51. The van der Waals surface area contributed by atoms with Crippen molar-refractivity contribution >= 4 is 11.6 Å². The highest BCUT2D eigenvalue weighted by atomic mass is 16.5. The lowest BCUT2D eigenvalue weighted by atomic mass is 10.2. The second-order valence-corrected chi connectivity index (χ2v) is 3.87. The van der Waals surface area contributed by atoms with Crippen molar-refractivity contribution < 1.29 is 9.53 Å². The van der Waals surface area contributed by atoms with Gasteiger partial charge in [-0.1, -0.05) is 0 Å². The number of carbonyl (C=O) groups is 1. The molecule has 0 aliphatic rings. The molecule has 1 aromatic heterocycles. The number of carbonyl (C=O) groups excluding carboxylic acids is 1. The molecule has 1 amide bonds. The van der Waals surface area contributed by atoms with E-state index in [1.165, 1.54) is 18.3 Å². The summed E-state index contributed by atoms with van der Waals surface area (Å²) in [5, 5.41) is 11.1. The van der Waals surface area contributed by atoms with E-state index in [1.54, 1.807) is 24.3 Å². The first-order chi connectivity index (χ1) is 9.69. The van der Waals surface area contributed by atoms with Crippen LogP contribution in [0.2, 0.25) is 0 Å². The Morgan fingerprint density at radius 2 is 2.00 bits per heavy atom. The average molecular weight is 269 g/mol. The molecule has 0 saturated carbocycles. The molecule has 0 bridgehead atoms. The summed E-state index contributed by atoms with van der Waals surface area (Å²) in [6.07, 6.45) is 1.35. The number of pyridine rings is 1. The Labute approximate surface area is 114 Å². The maximum atomic E-state index is 11.9. The van der Waals surface area contributed by atoms with Gasteiger partial charge in [0, 0.05) is 18.0 Å². The van der Waals surface area contributed by atoms with E-state index >= 15 is 0 Å². The van der Waals surface area contributed by atoms with Crippen molar-refractivity contribution in [2.45, 2.75) is 0 Å². The zero-order valence-corrected chi connectivity index (χ0v) is 10.4. The van der Waals surface area contributed by atoms with Crippen molar-refractivity contribution in [3.63, 3.8) is 0 Å². The molecule has 1 heterocycles. The van der Waals surface area contributed by atoms with E-state index in [2.05, 4.69) is 10.3 Å². The number of H-pyrrole nitrogens is 1. The average Bonchev–Trinajstić information content (AvgIpc) is 2.47. The number of rotatable bonds is 4. The van der Waals surface area contributed by atoms with E-state index < -0.39 is 0 Å². The largest absolute Gasteiger partial charge is 0.479 e. The van der Waals surface area contributed by atoms with Gasteiger partial charge in [-0.05, 0) is 30.3 Å². The van der Waals surface area contributed by atoms with Gasteiger partial charge >= 0.3 is 0 Å². The molecule has 2 N–H and O–H groups in total. The van der Waals surface area contributed by atoms with Gasteiger partial charge in [-0.15, -0.1) is 0 Å². The Bertz CT molecular complexity index is 678. The maximum absolute atomic E-state index is 11.9. The van der Waals surface area contributed by atoms with Crippen molar-refractivity contribution in [1.82, 2.24) is 4.98 Å². The molecular formula is C14H11N3O3. The van der Waals surface area contributed by atoms with Crippen LogP contribution >= 0.6 is 0 Å². The number of nitrogens with zero attached hydrogens (tertiary/aromatic N) is 1. The lowest BCUT2D eigenvalue weighted by molar-refractivity contribution is 0.102. The molecule has 0 aliphatic carbocycles. The summed E-state index contributed by atoms with van der Waals surface area (Å²) in [7, 11) is 0. The number of aromatic amines is 1. The fraction of sp³-hybridized carbons (Fsp3) is 0.0714. The molecule has 100 valence electrons. The number of nitrogens with one attached hydrogen (secondary N) is 2. The maximum Gasteiger partial charge on any atom is 0.257 e. The Morgan fingerprint density at radius 3 is 2.60 bits per heavy atom. The van der Waals surface area contributed by atoms with Crippen molar-refractivity contribution in [3.05, 3.63) is 58.5 Å². The van der Waals surface area contributed by atoms with Gasteiger partial charge in [0.05, 0.1) is 5.56 Å². The van der Waals surface area contributed by atoms with E-state index in [0.717, 1.165) is 0 Å². The van der Waals surface area contributed by atoms with Crippen LogP contribution in [0.4, 0.5) is 5.69 Å². The summed E-state index contributed by atoms with van der Waals surface area (Å²) in [4.78, 5) is 25.2. The summed E-state index contributed by atoms with van der Waals surface area (Å²) in [6, 6.07) is 11.2. The van der Waals surface area contributed by atoms with Crippen LogP contribution < -0.4 is 15.6 Å². The molecule has 2 rings (SSSR count). The van der Waals surface area contributed by atoms with E-state index in [-0.39, 0.29) is 18.1 Å². The molecule has 0 unspecified atom stereocenters. The van der Waals surface area contributed by atoms with E-state index in [9.17, 15) is 9.59 Å². The quantitative estimate of drug-likeness (QED) is 0.879. The summed E-state index contributed by atoms with van der Waals surface area (Å²) >= 11 is 0. The van der Waals surface area contributed by atoms with Gasteiger partial charge in [0.15, 0.2) is 6.61 Å². The monoisotopic (exact) mass is 269 g/mol. The number of anilines is 1. The molecule has 0 fully saturated rings. The zero-order valence-electron chi connectivity index (χ0n) is 10.4. The third-order valence-electron chi connectivity index (χ3n) is 2.46. The minimum atomic E-state index is -0.327. The molecule has 1 aromatic carbocycles. The summed E-state index contributed by atoms with van der Waals surface area (Å²) < 4.78 is 5.10. The smallest absolute Gasteiger partial charge is 0.257 e. The van der Waals surface area contributed by atoms with Gasteiger partial charge in [-0.25, -0.2) is 0 Å². The number of nitriles is 1. The lowest BCUT2D eigenvalue weighted by Gasteiger charge is -2.06. The highest BCUT2D eigenvalue weighted by Gasteiger charge is 2.05. The molecule has 6 heteroatoms. The second kappa shape index (κ2) is 6.20. The Balaban J connectivity index is 2.02. The Morgan fingerprint density at radius 1 is 1.25 bits per heavy atom. The highest BCUT2D eigenvalue weighted by Crippen LogP contribution is 2.16. The number of amides is 1. The van der Waals surface area contributed by atoms with Crippen LogP contribution in [0.25, 0.3) is 0 Å². The first kappa shape index (κ1) is 13.4. The number of ether oxygens (including phenoxy) is 1. The van der Waals surface area contributed by atoms with Crippen molar-refractivity contribution in [2.24, 2.45) is 0 Å². The number of aromatic nitrogens is 1. The standard InChI is InChI=1S/C14H11N3O3/c15-7-8-20-12-4-2-11(3-5-12)17-14(19)10-1-6-13(18)16-9-10/h1-6,9H,8H2,(H,16,18)(H,17,19). The molecule has 0 saturated heterocycles. The van der Waals surface area contributed by atoms with Crippen LogP contribution in [0, 0.1) is 11.3 Å². The van der Waals surface area contributed by atoms with Gasteiger partial charge in [0.25, 0.3) is 5.91 Å². The van der Waals surface area contributed by atoms with Crippen molar-refractivity contribution in [3.8, 4) is 11.8 Å². The topological polar surface area (TPSA) is 95.0 Å². The van der Waals surface area contributed by atoms with Gasteiger partial charge in [-0.2, -0.15) is 5.26 Å². The summed E-state index contributed by atoms with van der Waals surface area (Å²) in [5.74, 6) is 0.223. The predicted molar refractivity (Wildman–Crippen MR) is 72.6 cm³/mol. The lowest BCUT2D eigenvalue weighted by Crippen LogP contribution is -2.14. The first-order valence-electron chi connectivity index (χ1n) is 5.79. The van der Waals surface area contributed by atoms with Gasteiger partial charge < -0.3 is 15.0 Å². The van der Waals surface area contributed by atoms with E-state index in [4.69, 9.17) is 10.00 Å². The van der Waals surface area contributed by atoms with Gasteiger partial charge in [0.1, 0.15) is 11.8 Å². The van der Waals surface area contributed by atoms with Crippen LogP contribution in [-0.4, -0.2) is 17.5 Å². The third kappa shape index (κ3) is 3.46. The first-order valence-corrected chi connectivity index (χ1v) is 5.79. The minimum absolute atomic E-state index is 0.0247. The molecule has 0 atom stereocenters. The SMILES string of the molecule is N#CCOc1ccc(NC(=O)c2ccc(=O)[nH]c2)cc1. The van der Waals surface area contributed by atoms with Crippen molar-refractivity contribution in [2.75, 3.05) is 11.9 Å². The molecule has 0 spiro atoms. The fourth-order valence-corrected chi connectivity index (χ4v) is 1.51. The second-order valence-electron chi connectivity index (χ2n) is 3.87. The molecule has 6 nitrogen and oxygen atoms in total. The van der Waals surface area contributed by atoms with Gasteiger partial charge in [-0.3, -0.25) is 9.59 Å². The summed E-state index contributed by atoms with van der Waals surface area (Å²) in [6.45, 7) is -0.0247. The zero-order chi connectivity index (χ0) is 14.4. The Kier molecular flexibility index (Phi) is 4.14. The Hall–Kier alpha value is -3.07. The molecule has 2 aromatic rings.